The summed E-state index contributed by atoms with van der Waals surface area (Å²) in [5.74, 6) is -0.634. The van der Waals surface area contributed by atoms with Crippen LogP contribution in [0.1, 0.15) is 18.4 Å². The van der Waals surface area contributed by atoms with E-state index in [4.69, 9.17) is 9.47 Å². The third-order valence-electron chi connectivity index (χ3n) is 4.89. The molecule has 0 radical (unpaired) electrons. The van der Waals surface area contributed by atoms with Crippen LogP contribution in [0.3, 0.4) is 0 Å². The highest BCUT2D eigenvalue weighted by atomic mass is 32.2. The van der Waals surface area contributed by atoms with Gasteiger partial charge in [-0.25, -0.2) is 13.9 Å². The summed E-state index contributed by atoms with van der Waals surface area (Å²) in [6.07, 6.45) is 3.09. The molecule has 1 saturated heterocycles. The van der Waals surface area contributed by atoms with E-state index < -0.39 is 26.7 Å². The topological polar surface area (TPSA) is 127 Å². The van der Waals surface area contributed by atoms with Crippen molar-refractivity contribution < 1.29 is 27.9 Å². The van der Waals surface area contributed by atoms with Gasteiger partial charge in [0, 0.05) is 25.5 Å². The molecule has 1 aromatic heterocycles. The minimum absolute atomic E-state index is 0.0243. The van der Waals surface area contributed by atoms with Gasteiger partial charge in [0.15, 0.2) is 0 Å². The second-order valence-electron chi connectivity index (χ2n) is 6.57. The Balaban J connectivity index is 2.09. The van der Waals surface area contributed by atoms with Crippen molar-refractivity contribution in [3.63, 3.8) is 0 Å². The number of pyridine rings is 1. The SMILES string of the molecule is COc1ccc(S(=O)(=O)[C@@](NCc2cccnc2)(C(=O)NO)C2CCCO2)cc1. The van der Waals surface area contributed by atoms with Crippen LogP contribution in [0, 0.1) is 0 Å². The first-order valence-corrected chi connectivity index (χ1v) is 10.5. The summed E-state index contributed by atoms with van der Waals surface area (Å²) in [5, 5.41) is 12.3. The van der Waals surface area contributed by atoms with Crippen molar-refractivity contribution in [1.82, 2.24) is 15.8 Å². The second-order valence-corrected chi connectivity index (χ2v) is 8.69. The largest absolute Gasteiger partial charge is 0.497 e. The zero-order valence-corrected chi connectivity index (χ0v) is 16.7. The van der Waals surface area contributed by atoms with Gasteiger partial charge in [-0.15, -0.1) is 0 Å². The van der Waals surface area contributed by atoms with Gasteiger partial charge in [-0.3, -0.25) is 20.3 Å². The number of ether oxygens (including phenoxy) is 2. The Labute approximate surface area is 168 Å². The molecule has 9 nitrogen and oxygen atoms in total. The molecule has 1 aliphatic rings. The second kappa shape index (κ2) is 8.87. The molecule has 0 spiro atoms. The number of hydroxylamine groups is 1. The molecule has 1 unspecified atom stereocenters. The minimum atomic E-state index is -4.34. The van der Waals surface area contributed by atoms with Crippen LogP contribution in [0.2, 0.25) is 0 Å². The van der Waals surface area contributed by atoms with Crippen LogP contribution in [-0.2, 0) is 25.9 Å². The lowest BCUT2D eigenvalue weighted by Crippen LogP contribution is -2.67. The Morgan fingerprint density at radius 3 is 2.66 bits per heavy atom. The Morgan fingerprint density at radius 2 is 2.10 bits per heavy atom. The summed E-state index contributed by atoms with van der Waals surface area (Å²) >= 11 is 0. The van der Waals surface area contributed by atoms with Gasteiger partial charge >= 0.3 is 0 Å². The van der Waals surface area contributed by atoms with Crippen molar-refractivity contribution >= 4 is 15.7 Å². The molecular weight excluding hydrogens is 398 g/mol. The Kier molecular flexibility index (Phi) is 6.48. The van der Waals surface area contributed by atoms with Crippen LogP contribution in [-0.4, -0.2) is 49.2 Å². The van der Waals surface area contributed by atoms with Gasteiger partial charge in [-0.2, -0.15) is 0 Å². The number of nitrogens with one attached hydrogen (secondary N) is 2. The number of rotatable bonds is 8. The first-order chi connectivity index (χ1) is 14.0. The number of amides is 1. The molecule has 1 fully saturated rings. The first-order valence-electron chi connectivity index (χ1n) is 9.04. The number of sulfone groups is 1. The minimum Gasteiger partial charge on any atom is -0.497 e. The fraction of sp³-hybridized carbons (Fsp3) is 0.368. The molecule has 2 atom stereocenters. The molecule has 156 valence electrons. The first kappa shape index (κ1) is 21.2. The van der Waals surface area contributed by atoms with Crippen LogP contribution in [0.5, 0.6) is 5.75 Å². The molecule has 0 saturated carbocycles. The molecule has 3 rings (SSSR count). The predicted octanol–water partition coefficient (Wildman–Crippen LogP) is 1.03. The van der Waals surface area contributed by atoms with Gasteiger partial charge < -0.3 is 9.47 Å². The van der Waals surface area contributed by atoms with E-state index in [1.165, 1.54) is 36.9 Å². The summed E-state index contributed by atoms with van der Waals surface area (Å²) in [4.78, 5) is 14.5. The van der Waals surface area contributed by atoms with Gasteiger partial charge in [-0.05, 0) is 48.7 Å². The lowest BCUT2D eigenvalue weighted by Gasteiger charge is -2.36. The van der Waals surface area contributed by atoms with Crippen LogP contribution in [0.25, 0.3) is 0 Å². The molecule has 1 aromatic carbocycles. The van der Waals surface area contributed by atoms with E-state index >= 15 is 0 Å². The highest BCUT2D eigenvalue weighted by Crippen LogP contribution is 2.35. The van der Waals surface area contributed by atoms with Crippen LogP contribution in [0.4, 0.5) is 0 Å². The van der Waals surface area contributed by atoms with E-state index in [-0.39, 0.29) is 11.4 Å². The van der Waals surface area contributed by atoms with Crippen molar-refractivity contribution in [2.75, 3.05) is 13.7 Å². The number of benzene rings is 1. The molecule has 1 aliphatic heterocycles. The van der Waals surface area contributed by atoms with Crippen LogP contribution in [0.15, 0.2) is 53.7 Å². The summed E-state index contributed by atoms with van der Waals surface area (Å²) in [6.45, 7) is 0.342. The maximum absolute atomic E-state index is 13.7. The Morgan fingerprint density at radius 1 is 1.34 bits per heavy atom. The molecule has 29 heavy (non-hydrogen) atoms. The molecule has 0 aliphatic carbocycles. The van der Waals surface area contributed by atoms with E-state index in [0.717, 1.165) is 0 Å². The van der Waals surface area contributed by atoms with Gasteiger partial charge in [0.1, 0.15) is 5.75 Å². The molecule has 1 amide bonds. The van der Waals surface area contributed by atoms with E-state index in [9.17, 15) is 18.4 Å². The van der Waals surface area contributed by atoms with Crippen LogP contribution < -0.4 is 15.5 Å². The fourth-order valence-corrected chi connectivity index (χ4v) is 5.34. The summed E-state index contributed by atoms with van der Waals surface area (Å²) in [7, 11) is -2.87. The zero-order valence-electron chi connectivity index (χ0n) is 15.9. The molecule has 3 N–H and O–H groups in total. The van der Waals surface area contributed by atoms with Crippen molar-refractivity contribution in [1.29, 1.82) is 0 Å². The maximum atomic E-state index is 13.7. The normalized spacial score (nSPS) is 18.8. The van der Waals surface area contributed by atoms with Crippen molar-refractivity contribution in [2.45, 2.75) is 35.3 Å². The van der Waals surface area contributed by atoms with Gasteiger partial charge in [0.25, 0.3) is 5.91 Å². The van der Waals surface area contributed by atoms with E-state index in [1.54, 1.807) is 24.5 Å². The smallest absolute Gasteiger partial charge is 0.282 e. The van der Waals surface area contributed by atoms with E-state index in [2.05, 4.69) is 10.3 Å². The number of hydrogen-bond acceptors (Lipinski definition) is 8. The fourth-order valence-electron chi connectivity index (χ4n) is 3.39. The highest BCUT2D eigenvalue weighted by molar-refractivity contribution is 7.93. The van der Waals surface area contributed by atoms with E-state index in [0.29, 0.717) is 30.8 Å². The molecular formula is C19H23N3O6S. The van der Waals surface area contributed by atoms with Crippen molar-refractivity contribution in [3.05, 3.63) is 54.4 Å². The number of methoxy groups -OCH3 is 1. The average molecular weight is 421 g/mol. The van der Waals surface area contributed by atoms with E-state index in [1.807, 2.05) is 0 Å². The zero-order chi connectivity index (χ0) is 20.9. The maximum Gasteiger partial charge on any atom is 0.282 e. The molecule has 2 aromatic rings. The quantitative estimate of drug-likeness (QED) is 0.426. The number of carbonyl (C=O) groups excluding carboxylic acids is 1. The summed E-state index contributed by atoms with van der Waals surface area (Å²) < 4.78 is 38.1. The van der Waals surface area contributed by atoms with Crippen molar-refractivity contribution in [3.8, 4) is 5.75 Å². The van der Waals surface area contributed by atoms with Gasteiger partial charge in [0.2, 0.25) is 14.7 Å². The lowest BCUT2D eigenvalue weighted by molar-refractivity contribution is -0.137. The number of nitrogens with zero attached hydrogens (tertiary/aromatic N) is 1. The molecule has 2 heterocycles. The average Bonchev–Trinajstić information content (AvgIpc) is 3.29. The third kappa shape index (κ3) is 3.97. The number of carbonyl (C=O) groups is 1. The molecule has 10 heteroatoms. The third-order valence-corrected chi connectivity index (χ3v) is 7.23. The molecule has 0 bridgehead atoms. The van der Waals surface area contributed by atoms with Crippen molar-refractivity contribution in [2.24, 2.45) is 0 Å². The lowest BCUT2D eigenvalue weighted by atomic mass is 10.1. The summed E-state index contributed by atoms with van der Waals surface area (Å²) in [5.41, 5.74) is 2.19. The summed E-state index contributed by atoms with van der Waals surface area (Å²) in [6, 6.07) is 9.14. The highest BCUT2D eigenvalue weighted by Gasteiger charge is 2.58. The number of aromatic nitrogens is 1. The van der Waals surface area contributed by atoms with Gasteiger partial charge in [-0.1, -0.05) is 6.07 Å². The predicted molar refractivity (Wildman–Crippen MR) is 103 cm³/mol. The van der Waals surface area contributed by atoms with Gasteiger partial charge in [0.05, 0.1) is 18.1 Å². The Bertz CT molecular complexity index is 930. The Hall–Kier alpha value is -2.53. The van der Waals surface area contributed by atoms with Crippen LogP contribution >= 0.6 is 0 Å². The number of hydrogen-bond donors (Lipinski definition) is 3. The standard InChI is InChI=1S/C19H23N3O6S/c1-27-15-6-8-16(9-7-15)29(25,26)19(18(23)22-24,17-5-3-11-28-17)21-13-14-4-2-10-20-12-14/h2,4,6-10,12,17,21,24H,3,5,11,13H2,1H3,(H,22,23)/t17?,19-/m1/s1. The monoisotopic (exact) mass is 421 g/mol.